The standard InChI is InChI=1S/C24H26N4O6S/c29-20-16-35-21(30)19(26-20)12-7-13-25-22(27-23(31)33-14-17-8-3-1-4-9-17)28-24(32)34-15-18-10-5-2-6-11-18/h1-6,8-11,19H,7,12-16H2,(H,26,29)(H2,25,27,28,31,32)/t19-/m0/s1. The molecule has 10 nitrogen and oxygen atoms in total. The number of amides is 3. The number of aliphatic imine (C=N–C) groups is 1. The molecule has 1 saturated heterocycles. The fourth-order valence-corrected chi connectivity index (χ4v) is 3.77. The number of nitrogens with zero attached hydrogens (tertiary/aromatic N) is 1. The lowest BCUT2D eigenvalue weighted by Gasteiger charge is -2.20. The van der Waals surface area contributed by atoms with Gasteiger partial charge in [0.2, 0.25) is 17.0 Å². The molecule has 0 bridgehead atoms. The van der Waals surface area contributed by atoms with Crippen LogP contribution in [0.1, 0.15) is 24.0 Å². The van der Waals surface area contributed by atoms with Crippen LogP contribution in [-0.2, 0) is 32.3 Å². The van der Waals surface area contributed by atoms with Crippen LogP contribution in [0.15, 0.2) is 65.7 Å². The Hall–Kier alpha value is -3.86. The summed E-state index contributed by atoms with van der Waals surface area (Å²) in [5.74, 6) is -0.203. The molecule has 0 radical (unpaired) electrons. The number of rotatable bonds is 8. The maximum atomic E-state index is 12.2. The predicted molar refractivity (Wildman–Crippen MR) is 130 cm³/mol. The van der Waals surface area contributed by atoms with Gasteiger partial charge in [0.1, 0.15) is 13.2 Å². The number of hydrogen-bond donors (Lipinski definition) is 3. The van der Waals surface area contributed by atoms with Crippen molar-refractivity contribution in [2.45, 2.75) is 32.1 Å². The van der Waals surface area contributed by atoms with Gasteiger partial charge in [0.05, 0.1) is 11.8 Å². The smallest absolute Gasteiger partial charge is 0.414 e. The zero-order valence-electron chi connectivity index (χ0n) is 18.9. The van der Waals surface area contributed by atoms with Crippen molar-refractivity contribution < 1.29 is 28.7 Å². The lowest BCUT2D eigenvalue weighted by atomic mass is 10.1. The molecule has 0 unspecified atom stereocenters. The van der Waals surface area contributed by atoms with Crippen LogP contribution in [0.5, 0.6) is 0 Å². The van der Waals surface area contributed by atoms with Crippen molar-refractivity contribution in [2.24, 2.45) is 4.99 Å². The van der Waals surface area contributed by atoms with E-state index < -0.39 is 18.2 Å². The average Bonchev–Trinajstić information content (AvgIpc) is 2.87. The highest BCUT2D eigenvalue weighted by molar-refractivity contribution is 8.14. The van der Waals surface area contributed by atoms with E-state index in [2.05, 4.69) is 20.9 Å². The van der Waals surface area contributed by atoms with Gasteiger partial charge < -0.3 is 14.8 Å². The summed E-state index contributed by atoms with van der Waals surface area (Å²) in [6.45, 7) is 0.261. The maximum Gasteiger partial charge on any atom is 0.414 e. The van der Waals surface area contributed by atoms with Gasteiger partial charge in [-0.15, -0.1) is 0 Å². The normalized spacial score (nSPS) is 14.9. The molecule has 2 aromatic rings. The van der Waals surface area contributed by atoms with Crippen LogP contribution < -0.4 is 16.0 Å². The zero-order valence-corrected chi connectivity index (χ0v) is 19.7. The van der Waals surface area contributed by atoms with Crippen molar-refractivity contribution in [1.82, 2.24) is 16.0 Å². The van der Waals surface area contributed by atoms with Gasteiger partial charge in [0.25, 0.3) is 0 Å². The van der Waals surface area contributed by atoms with E-state index in [1.165, 1.54) is 0 Å². The average molecular weight is 499 g/mol. The predicted octanol–water partition coefficient (Wildman–Crippen LogP) is 2.73. The first-order chi connectivity index (χ1) is 17.0. The minimum Gasteiger partial charge on any atom is -0.444 e. The molecule has 1 atom stereocenters. The molecule has 1 aliphatic rings. The third-order valence-electron chi connectivity index (χ3n) is 4.75. The number of ether oxygens (including phenoxy) is 2. The SMILES string of the molecule is O=C1CSC(=O)[C@H](CCCN=C(NC(=O)OCc2ccccc2)NC(=O)OCc2ccccc2)N1. The van der Waals surface area contributed by atoms with Crippen LogP contribution in [-0.4, -0.2) is 47.5 Å². The lowest BCUT2D eigenvalue weighted by molar-refractivity contribution is -0.124. The molecule has 35 heavy (non-hydrogen) atoms. The van der Waals surface area contributed by atoms with Crippen LogP contribution in [0.3, 0.4) is 0 Å². The van der Waals surface area contributed by atoms with Crippen LogP contribution in [0, 0.1) is 0 Å². The van der Waals surface area contributed by atoms with Crippen LogP contribution in [0.25, 0.3) is 0 Å². The quantitative estimate of drug-likeness (QED) is 0.289. The Labute approximate surface area is 206 Å². The summed E-state index contributed by atoms with van der Waals surface area (Å²) in [4.78, 5) is 52.1. The first kappa shape index (κ1) is 25.8. The summed E-state index contributed by atoms with van der Waals surface area (Å²) in [7, 11) is 0. The second kappa shape index (κ2) is 13.8. The molecule has 1 aliphatic heterocycles. The summed E-state index contributed by atoms with van der Waals surface area (Å²) in [5, 5.41) is 7.36. The Morgan fingerprint density at radius 2 is 1.46 bits per heavy atom. The van der Waals surface area contributed by atoms with Crippen LogP contribution in [0.4, 0.5) is 9.59 Å². The number of thioether (sulfide) groups is 1. The number of carbonyl (C=O) groups is 4. The maximum absolute atomic E-state index is 12.2. The Morgan fingerprint density at radius 3 is 2.00 bits per heavy atom. The summed E-state index contributed by atoms with van der Waals surface area (Å²) in [6.07, 6.45) is -0.794. The van der Waals surface area contributed by atoms with Gasteiger partial charge >= 0.3 is 12.2 Å². The first-order valence-electron chi connectivity index (χ1n) is 11.0. The number of alkyl carbamates (subject to hydrolysis) is 2. The number of carbonyl (C=O) groups excluding carboxylic acids is 4. The van der Waals surface area contributed by atoms with Gasteiger partial charge in [0, 0.05) is 6.54 Å². The van der Waals surface area contributed by atoms with E-state index in [0.717, 1.165) is 22.9 Å². The van der Waals surface area contributed by atoms with Crippen molar-refractivity contribution in [3.05, 3.63) is 71.8 Å². The molecule has 0 saturated carbocycles. The highest BCUT2D eigenvalue weighted by atomic mass is 32.2. The third kappa shape index (κ3) is 9.49. The summed E-state index contributed by atoms with van der Waals surface area (Å²) >= 11 is 0.989. The molecule has 2 aromatic carbocycles. The van der Waals surface area contributed by atoms with Crippen LogP contribution >= 0.6 is 11.8 Å². The van der Waals surface area contributed by atoms with Crippen molar-refractivity contribution in [2.75, 3.05) is 12.3 Å². The Morgan fingerprint density at radius 1 is 0.914 bits per heavy atom. The van der Waals surface area contributed by atoms with Gasteiger partial charge in [-0.2, -0.15) is 0 Å². The van der Waals surface area contributed by atoms with E-state index in [0.29, 0.717) is 12.8 Å². The number of nitrogens with one attached hydrogen (secondary N) is 3. The molecule has 0 aromatic heterocycles. The van der Waals surface area contributed by atoms with Crippen molar-refractivity contribution in [3.8, 4) is 0 Å². The Kier molecular flexibility index (Phi) is 10.1. The molecule has 3 N–H and O–H groups in total. The summed E-state index contributed by atoms with van der Waals surface area (Å²) in [6, 6.07) is 17.7. The van der Waals surface area contributed by atoms with Crippen molar-refractivity contribution in [1.29, 1.82) is 0 Å². The molecule has 184 valence electrons. The largest absolute Gasteiger partial charge is 0.444 e. The van der Waals surface area contributed by atoms with E-state index >= 15 is 0 Å². The van der Waals surface area contributed by atoms with Crippen LogP contribution in [0.2, 0.25) is 0 Å². The monoisotopic (exact) mass is 498 g/mol. The van der Waals surface area contributed by atoms with E-state index in [1.807, 2.05) is 60.7 Å². The molecule has 0 aliphatic carbocycles. The minimum absolute atomic E-state index is 0.0412. The second-order valence-electron chi connectivity index (χ2n) is 7.47. The van der Waals surface area contributed by atoms with Gasteiger partial charge in [-0.3, -0.25) is 25.2 Å². The molecule has 3 rings (SSSR count). The zero-order chi connectivity index (χ0) is 24.9. The van der Waals surface area contributed by atoms with Crippen molar-refractivity contribution >= 4 is 40.9 Å². The Balaban J connectivity index is 1.53. The molecule has 11 heteroatoms. The second-order valence-corrected chi connectivity index (χ2v) is 8.45. The molecular formula is C24H26N4O6S. The molecular weight excluding hydrogens is 472 g/mol. The Bertz CT molecular complexity index is 989. The van der Waals surface area contributed by atoms with E-state index in [-0.39, 0.29) is 42.5 Å². The van der Waals surface area contributed by atoms with Crippen molar-refractivity contribution in [3.63, 3.8) is 0 Å². The van der Waals surface area contributed by atoms with Gasteiger partial charge in [0.15, 0.2) is 0 Å². The lowest BCUT2D eigenvalue weighted by Crippen LogP contribution is -2.45. The number of guanidine groups is 1. The topological polar surface area (TPSA) is 135 Å². The highest BCUT2D eigenvalue weighted by Gasteiger charge is 2.26. The molecule has 1 fully saturated rings. The van der Waals surface area contributed by atoms with E-state index in [9.17, 15) is 19.2 Å². The fraction of sp³-hybridized carbons (Fsp3) is 0.292. The molecule has 3 amide bonds. The van der Waals surface area contributed by atoms with Gasteiger partial charge in [-0.25, -0.2) is 9.59 Å². The van der Waals surface area contributed by atoms with E-state index in [4.69, 9.17) is 9.47 Å². The number of benzene rings is 2. The molecule has 1 heterocycles. The van der Waals surface area contributed by atoms with E-state index in [1.54, 1.807) is 0 Å². The summed E-state index contributed by atoms with van der Waals surface area (Å²) < 4.78 is 10.4. The van der Waals surface area contributed by atoms with Gasteiger partial charge in [-0.1, -0.05) is 72.4 Å². The highest BCUT2D eigenvalue weighted by Crippen LogP contribution is 2.14. The fourth-order valence-electron chi connectivity index (χ4n) is 3.03. The summed E-state index contributed by atoms with van der Waals surface area (Å²) in [5.41, 5.74) is 1.60. The minimum atomic E-state index is -0.804. The first-order valence-corrected chi connectivity index (χ1v) is 11.9. The number of hydrogen-bond acceptors (Lipinski definition) is 8. The third-order valence-corrected chi connectivity index (χ3v) is 5.73. The van der Waals surface area contributed by atoms with Gasteiger partial charge in [-0.05, 0) is 24.0 Å². The molecule has 0 spiro atoms.